The van der Waals surface area contributed by atoms with E-state index in [1.165, 1.54) is 24.1 Å². The molecule has 3 aromatic rings. The van der Waals surface area contributed by atoms with Gasteiger partial charge in [-0.1, -0.05) is 60.8 Å². The van der Waals surface area contributed by atoms with Crippen molar-refractivity contribution in [3.05, 3.63) is 87.9 Å². The van der Waals surface area contributed by atoms with E-state index in [1.807, 2.05) is 13.8 Å². The molecular weight excluding hydrogens is 585 g/mol. The molecule has 3 aromatic carbocycles. The summed E-state index contributed by atoms with van der Waals surface area (Å²) in [4.78, 5) is 28.6. The number of halogens is 2. The lowest BCUT2D eigenvalue weighted by Crippen LogP contribution is -2.52. The minimum Gasteiger partial charge on any atom is -0.497 e. The number of anilines is 1. The first kappa shape index (κ1) is 32.2. The van der Waals surface area contributed by atoms with Crippen molar-refractivity contribution in [2.24, 2.45) is 0 Å². The number of nitrogens with zero attached hydrogens (tertiary/aromatic N) is 2. The molecule has 0 saturated heterocycles. The third kappa shape index (κ3) is 7.93. The summed E-state index contributed by atoms with van der Waals surface area (Å²) in [6.07, 6.45) is 1.01. The van der Waals surface area contributed by atoms with Crippen molar-refractivity contribution in [1.29, 1.82) is 0 Å². The fourth-order valence-corrected chi connectivity index (χ4v) is 6.19. The Labute approximate surface area is 252 Å². The highest BCUT2D eigenvalue weighted by atomic mass is 35.5. The molecule has 41 heavy (non-hydrogen) atoms. The predicted octanol–water partition coefficient (Wildman–Crippen LogP) is 5.84. The molecule has 0 fully saturated rings. The molecule has 1 N–H and O–H groups in total. The van der Waals surface area contributed by atoms with Crippen LogP contribution in [0.3, 0.4) is 0 Å². The summed E-state index contributed by atoms with van der Waals surface area (Å²) in [5, 5.41) is 3.52. The first-order chi connectivity index (χ1) is 19.5. The van der Waals surface area contributed by atoms with Crippen molar-refractivity contribution < 1.29 is 22.7 Å². The zero-order chi connectivity index (χ0) is 30.2. The Morgan fingerprint density at radius 1 is 0.951 bits per heavy atom. The van der Waals surface area contributed by atoms with Gasteiger partial charge in [0.1, 0.15) is 18.3 Å². The van der Waals surface area contributed by atoms with Gasteiger partial charge >= 0.3 is 0 Å². The fourth-order valence-electron chi connectivity index (χ4n) is 4.25. The molecule has 3 rings (SSSR count). The van der Waals surface area contributed by atoms with E-state index < -0.39 is 28.5 Å². The number of hydrogen-bond donors (Lipinski definition) is 1. The standard InChI is InChI=1S/C30H35Cl2N3O5S/c1-5-18-33-30(37)28(6-2)34(19-25-26(31)8-7-9-27(25)32)29(36)20-35(22-12-10-21(3)11-13-22)41(38,39)24-16-14-23(40-4)15-17-24/h7-17,28H,5-6,18-20H2,1-4H3,(H,33,37). The molecule has 0 radical (unpaired) electrons. The second-order valence-electron chi connectivity index (χ2n) is 9.46. The number of sulfonamides is 1. The number of benzene rings is 3. The van der Waals surface area contributed by atoms with Gasteiger partial charge in [0.05, 0.1) is 17.7 Å². The monoisotopic (exact) mass is 619 g/mol. The average molecular weight is 621 g/mol. The second kappa shape index (κ2) is 14.6. The Bertz CT molecular complexity index is 1430. The lowest BCUT2D eigenvalue weighted by atomic mass is 10.1. The Morgan fingerprint density at radius 3 is 2.10 bits per heavy atom. The molecule has 0 aliphatic heterocycles. The maximum Gasteiger partial charge on any atom is 0.264 e. The van der Waals surface area contributed by atoms with Crippen LogP contribution in [0.5, 0.6) is 5.75 Å². The molecule has 220 valence electrons. The average Bonchev–Trinajstić information content (AvgIpc) is 2.96. The van der Waals surface area contributed by atoms with E-state index in [4.69, 9.17) is 27.9 Å². The molecule has 0 saturated carbocycles. The molecule has 1 unspecified atom stereocenters. The van der Waals surface area contributed by atoms with Crippen LogP contribution in [0.1, 0.15) is 37.8 Å². The topological polar surface area (TPSA) is 96.0 Å². The number of nitrogens with one attached hydrogen (secondary N) is 1. The summed E-state index contributed by atoms with van der Waals surface area (Å²) in [5.74, 6) is -0.434. The van der Waals surface area contributed by atoms with Crippen molar-refractivity contribution in [2.75, 3.05) is 24.5 Å². The third-order valence-electron chi connectivity index (χ3n) is 6.57. The molecule has 1 atom stereocenters. The van der Waals surface area contributed by atoms with E-state index in [-0.39, 0.29) is 17.3 Å². The van der Waals surface area contributed by atoms with E-state index in [0.717, 1.165) is 9.87 Å². The highest BCUT2D eigenvalue weighted by Crippen LogP contribution is 2.29. The van der Waals surface area contributed by atoms with Crippen LogP contribution >= 0.6 is 23.2 Å². The number of aryl methyl sites for hydroxylation is 1. The maximum absolute atomic E-state index is 14.1. The summed E-state index contributed by atoms with van der Waals surface area (Å²) in [5.41, 5.74) is 1.69. The molecule has 11 heteroatoms. The normalized spacial score (nSPS) is 12.0. The lowest BCUT2D eigenvalue weighted by molar-refractivity contribution is -0.140. The van der Waals surface area contributed by atoms with Gasteiger partial charge in [-0.3, -0.25) is 13.9 Å². The summed E-state index contributed by atoms with van der Waals surface area (Å²) < 4.78 is 34.1. The number of ether oxygens (including phenoxy) is 1. The third-order valence-corrected chi connectivity index (χ3v) is 9.07. The molecular formula is C30H35Cl2N3O5S. The van der Waals surface area contributed by atoms with Crippen LogP contribution in [0.4, 0.5) is 5.69 Å². The largest absolute Gasteiger partial charge is 0.497 e. The summed E-state index contributed by atoms with van der Waals surface area (Å²) in [6.45, 7) is 5.39. The minimum atomic E-state index is -4.20. The smallest absolute Gasteiger partial charge is 0.264 e. The summed E-state index contributed by atoms with van der Waals surface area (Å²) >= 11 is 12.9. The molecule has 8 nitrogen and oxygen atoms in total. The van der Waals surface area contributed by atoms with Gasteiger partial charge in [0, 0.05) is 28.7 Å². The van der Waals surface area contributed by atoms with Crippen molar-refractivity contribution in [3.63, 3.8) is 0 Å². The summed E-state index contributed by atoms with van der Waals surface area (Å²) in [6, 6.07) is 16.9. The number of carbonyl (C=O) groups is 2. The number of carbonyl (C=O) groups excluding carboxylic acids is 2. The Hall–Kier alpha value is -3.27. The van der Waals surface area contributed by atoms with E-state index in [0.29, 0.717) is 46.4 Å². The van der Waals surface area contributed by atoms with E-state index in [2.05, 4.69) is 5.32 Å². The highest BCUT2D eigenvalue weighted by molar-refractivity contribution is 7.92. The highest BCUT2D eigenvalue weighted by Gasteiger charge is 2.34. The zero-order valence-electron chi connectivity index (χ0n) is 23.6. The number of amides is 2. The van der Waals surface area contributed by atoms with E-state index in [1.54, 1.807) is 61.5 Å². The van der Waals surface area contributed by atoms with Crippen LogP contribution in [-0.4, -0.2) is 51.4 Å². The molecule has 0 aliphatic carbocycles. The van der Waals surface area contributed by atoms with Crippen LogP contribution in [0.25, 0.3) is 0 Å². The van der Waals surface area contributed by atoms with Gasteiger partial charge in [-0.05, 0) is 68.3 Å². The molecule has 0 aliphatic rings. The van der Waals surface area contributed by atoms with Gasteiger partial charge in [-0.2, -0.15) is 0 Å². The number of methoxy groups -OCH3 is 1. The van der Waals surface area contributed by atoms with Crippen LogP contribution in [0, 0.1) is 6.92 Å². The predicted molar refractivity (Wildman–Crippen MR) is 163 cm³/mol. The Morgan fingerprint density at radius 2 is 1.56 bits per heavy atom. The van der Waals surface area contributed by atoms with Crippen LogP contribution in [0.15, 0.2) is 71.6 Å². The Kier molecular flexibility index (Phi) is 11.5. The zero-order valence-corrected chi connectivity index (χ0v) is 25.9. The molecule has 2 amide bonds. The van der Waals surface area contributed by atoms with E-state index in [9.17, 15) is 18.0 Å². The molecule has 0 bridgehead atoms. The lowest BCUT2D eigenvalue weighted by Gasteiger charge is -2.33. The number of hydrogen-bond acceptors (Lipinski definition) is 5. The van der Waals surface area contributed by atoms with Crippen LogP contribution in [0.2, 0.25) is 10.0 Å². The number of rotatable bonds is 13. The van der Waals surface area contributed by atoms with Crippen molar-refractivity contribution in [3.8, 4) is 5.75 Å². The first-order valence-electron chi connectivity index (χ1n) is 13.3. The van der Waals surface area contributed by atoms with Gasteiger partial charge in [-0.15, -0.1) is 0 Å². The molecule has 0 spiro atoms. The quantitative estimate of drug-likeness (QED) is 0.259. The van der Waals surface area contributed by atoms with Crippen molar-refractivity contribution in [1.82, 2.24) is 10.2 Å². The van der Waals surface area contributed by atoms with Crippen LogP contribution in [-0.2, 0) is 26.2 Å². The Balaban J connectivity index is 2.08. The first-order valence-corrected chi connectivity index (χ1v) is 15.5. The molecule has 0 aromatic heterocycles. The van der Waals surface area contributed by atoms with Gasteiger partial charge in [-0.25, -0.2) is 8.42 Å². The van der Waals surface area contributed by atoms with Crippen LogP contribution < -0.4 is 14.4 Å². The molecule has 0 heterocycles. The van der Waals surface area contributed by atoms with E-state index >= 15 is 0 Å². The van der Waals surface area contributed by atoms with Gasteiger partial charge in [0.25, 0.3) is 10.0 Å². The van der Waals surface area contributed by atoms with Gasteiger partial charge in [0.2, 0.25) is 11.8 Å². The SMILES string of the molecule is CCCNC(=O)C(CC)N(Cc1c(Cl)cccc1Cl)C(=O)CN(c1ccc(C)cc1)S(=O)(=O)c1ccc(OC)cc1. The maximum atomic E-state index is 14.1. The van der Waals surface area contributed by atoms with Gasteiger partial charge < -0.3 is 15.0 Å². The fraction of sp³-hybridized carbons (Fsp3) is 0.333. The van der Waals surface area contributed by atoms with Gasteiger partial charge in [0.15, 0.2) is 0 Å². The summed E-state index contributed by atoms with van der Waals surface area (Å²) in [7, 11) is -2.71. The van der Waals surface area contributed by atoms with Crippen molar-refractivity contribution in [2.45, 2.75) is 51.1 Å². The van der Waals surface area contributed by atoms with Crippen molar-refractivity contribution >= 4 is 50.7 Å². The minimum absolute atomic E-state index is 0.0138. The second-order valence-corrected chi connectivity index (χ2v) is 12.1.